The van der Waals surface area contributed by atoms with Gasteiger partial charge in [0.05, 0.1) is 33.7 Å². The number of aromatic nitrogens is 2. The van der Waals surface area contributed by atoms with Crippen LogP contribution in [0.25, 0.3) is 43.6 Å². The first-order valence-corrected chi connectivity index (χ1v) is 17.1. The molecule has 220 valence electrons. The number of thiophene rings is 1. The van der Waals surface area contributed by atoms with Crippen molar-refractivity contribution in [2.24, 2.45) is 0 Å². The van der Waals surface area contributed by atoms with E-state index in [-0.39, 0.29) is 0 Å². The highest BCUT2D eigenvalue weighted by molar-refractivity contribution is 7.99. The molecule has 6 nitrogen and oxygen atoms in total. The Morgan fingerprint density at radius 3 is 2.58 bits per heavy atom. The highest BCUT2D eigenvalue weighted by Crippen LogP contribution is 2.47. The smallest absolute Gasteiger partial charge is 0.345 e. The minimum absolute atomic E-state index is 0.402. The molecule has 4 heterocycles. The van der Waals surface area contributed by atoms with Crippen LogP contribution in [-0.4, -0.2) is 50.1 Å². The number of benzene rings is 2. The Labute approximate surface area is 260 Å². The second kappa shape index (κ2) is 11.7. The van der Waals surface area contributed by atoms with Gasteiger partial charge in [0.25, 0.3) is 0 Å². The van der Waals surface area contributed by atoms with Gasteiger partial charge in [0.15, 0.2) is 0 Å². The number of hydrogen-bond donors (Lipinski definition) is 2. The van der Waals surface area contributed by atoms with Crippen LogP contribution in [0.1, 0.15) is 53.3 Å². The van der Waals surface area contributed by atoms with Crippen LogP contribution in [0.5, 0.6) is 0 Å². The first kappa shape index (κ1) is 28.0. The molecule has 8 heteroatoms. The third kappa shape index (κ3) is 5.43. The van der Waals surface area contributed by atoms with Crippen molar-refractivity contribution in [3.05, 3.63) is 83.4 Å². The van der Waals surface area contributed by atoms with Gasteiger partial charge in [0.2, 0.25) is 0 Å². The quantitative estimate of drug-likeness (QED) is 0.180. The summed E-state index contributed by atoms with van der Waals surface area (Å²) in [5.41, 5.74) is 15.4. The number of pyridine rings is 1. The maximum atomic E-state index is 12.1. The number of carboxylic acid groups (broad SMARTS) is 1. The van der Waals surface area contributed by atoms with Gasteiger partial charge in [0, 0.05) is 46.9 Å². The molecule has 5 aromatic rings. The Morgan fingerprint density at radius 2 is 1.81 bits per heavy atom. The van der Waals surface area contributed by atoms with Gasteiger partial charge in [-0.1, -0.05) is 50.1 Å². The fraction of sp³-hybridized carbons (Fsp3) is 0.314. The molecule has 1 saturated carbocycles. The number of nitrogens with zero attached hydrogens (tertiary/aromatic N) is 3. The Bertz CT molecular complexity index is 1840. The zero-order chi connectivity index (χ0) is 29.5. The Balaban J connectivity index is 1.39. The van der Waals surface area contributed by atoms with Crippen molar-refractivity contribution in [1.82, 2.24) is 14.5 Å². The lowest BCUT2D eigenvalue weighted by Gasteiger charge is -2.31. The molecule has 0 atom stereocenters. The molecule has 2 aromatic carbocycles. The summed E-state index contributed by atoms with van der Waals surface area (Å²) in [5.74, 6) is 1.77. The van der Waals surface area contributed by atoms with Crippen LogP contribution in [0.15, 0.2) is 72.9 Å². The van der Waals surface area contributed by atoms with Crippen molar-refractivity contribution < 1.29 is 9.90 Å². The first-order valence-electron chi connectivity index (χ1n) is 15.1. The molecular weight excluding hydrogens is 573 g/mol. The van der Waals surface area contributed by atoms with E-state index in [1.165, 1.54) is 41.9 Å². The van der Waals surface area contributed by atoms with Crippen molar-refractivity contribution in [1.29, 1.82) is 0 Å². The fourth-order valence-corrected chi connectivity index (χ4v) is 8.82. The molecule has 0 amide bonds. The number of aromatic carboxylic acids is 1. The predicted molar refractivity (Wildman–Crippen MR) is 181 cm³/mol. The van der Waals surface area contributed by atoms with Crippen LogP contribution in [0.2, 0.25) is 0 Å². The maximum absolute atomic E-state index is 12.1. The lowest BCUT2D eigenvalue weighted by molar-refractivity contribution is 0.0702. The third-order valence-electron chi connectivity index (χ3n) is 8.94. The molecule has 3 aromatic heterocycles. The Hall–Kier alpha value is -3.75. The van der Waals surface area contributed by atoms with Gasteiger partial charge in [-0.25, -0.2) is 9.78 Å². The van der Waals surface area contributed by atoms with Crippen LogP contribution in [0.3, 0.4) is 0 Å². The second-order valence-electron chi connectivity index (χ2n) is 11.7. The summed E-state index contributed by atoms with van der Waals surface area (Å²) in [4.78, 5) is 19.9. The number of allylic oxidation sites excluding steroid dienone is 1. The van der Waals surface area contributed by atoms with Crippen LogP contribution >= 0.6 is 23.1 Å². The highest BCUT2D eigenvalue weighted by Gasteiger charge is 2.30. The van der Waals surface area contributed by atoms with Crippen molar-refractivity contribution in [3.8, 4) is 22.5 Å². The summed E-state index contributed by atoms with van der Waals surface area (Å²) in [5, 5.41) is 11.0. The van der Waals surface area contributed by atoms with E-state index in [0.717, 1.165) is 86.8 Å². The molecule has 3 N–H and O–H groups in total. The van der Waals surface area contributed by atoms with E-state index < -0.39 is 5.97 Å². The molecule has 0 radical (unpaired) electrons. The minimum atomic E-state index is -0.858. The zero-order valence-electron chi connectivity index (χ0n) is 24.2. The fourth-order valence-electron chi connectivity index (χ4n) is 6.79. The van der Waals surface area contributed by atoms with E-state index in [9.17, 15) is 9.90 Å². The summed E-state index contributed by atoms with van der Waals surface area (Å²) < 4.78 is 3.48. The van der Waals surface area contributed by atoms with Gasteiger partial charge >= 0.3 is 5.97 Å². The summed E-state index contributed by atoms with van der Waals surface area (Å²) in [7, 11) is 0. The van der Waals surface area contributed by atoms with Crippen LogP contribution < -0.4 is 5.73 Å². The van der Waals surface area contributed by atoms with Crippen LogP contribution in [-0.2, 0) is 6.54 Å². The minimum Gasteiger partial charge on any atom is -0.477 e. The Kier molecular flexibility index (Phi) is 7.65. The summed E-state index contributed by atoms with van der Waals surface area (Å²) in [6.07, 6.45) is 5.95. The maximum Gasteiger partial charge on any atom is 0.345 e. The van der Waals surface area contributed by atoms with Crippen LogP contribution in [0, 0.1) is 0 Å². The number of anilines is 1. The van der Waals surface area contributed by atoms with E-state index in [2.05, 4.69) is 46.4 Å². The zero-order valence-corrected chi connectivity index (χ0v) is 25.9. The first-order chi connectivity index (χ1) is 21.0. The molecule has 2 fully saturated rings. The average Bonchev–Trinajstić information content (AvgIpc) is 3.60. The van der Waals surface area contributed by atoms with E-state index >= 15 is 0 Å². The lowest BCUT2D eigenvalue weighted by atomic mass is 9.83. The molecule has 7 rings (SSSR count). The number of fused-ring (bicyclic) bond motifs is 2. The SMILES string of the molecule is C=C(Cn1c(-c2ccc3nc(-c4cccc(N)c4)ccc3c2)c(C2CCCCC2)c2sc(C(=O)O)cc21)N1CCSCC1. The number of rotatable bonds is 7. The largest absolute Gasteiger partial charge is 0.477 e. The van der Waals surface area contributed by atoms with Crippen molar-refractivity contribution in [3.63, 3.8) is 0 Å². The van der Waals surface area contributed by atoms with Crippen molar-refractivity contribution in [2.75, 3.05) is 30.3 Å². The molecule has 2 aliphatic rings. The third-order valence-corrected chi connectivity index (χ3v) is 11.0. The molecular formula is C35H36N4O2S2. The monoisotopic (exact) mass is 608 g/mol. The van der Waals surface area contributed by atoms with E-state index in [1.54, 1.807) is 0 Å². The molecule has 0 bridgehead atoms. The average molecular weight is 609 g/mol. The van der Waals surface area contributed by atoms with Crippen molar-refractivity contribution in [2.45, 2.75) is 44.6 Å². The van der Waals surface area contributed by atoms with E-state index in [4.69, 9.17) is 10.7 Å². The molecule has 43 heavy (non-hydrogen) atoms. The van der Waals surface area contributed by atoms with E-state index in [0.29, 0.717) is 17.3 Å². The molecule has 0 spiro atoms. The van der Waals surface area contributed by atoms with Gasteiger partial charge in [-0.3, -0.25) is 0 Å². The molecule has 1 saturated heterocycles. The number of nitrogens with two attached hydrogens (primary N) is 1. The van der Waals surface area contributed by atoms with Gasteiger partial charge < -0.3 is 20.3 Å². The van der Waals surface area contributed by atoms with Gasteiger partial charge in [-0.05, 0) is 66.3 Å². The van der Waals surface area contributed by atoms with Gasteiger partial charge in [-0.2, -0.15) is 11.8 Å². The standard InChI is InChI=1S/C35H36N4O2S2/c1-22(38-14-16-42-17-15-38)21-39-30-20-31(35(40)41)43-34(30)32(23-6-3-2-4-7-23)33(39)26-11-13-29-25(18-26)10-12-28(37-29)24-8-5-9-27(36)19-24/h5,8-13,18-20,23H,1-4,6-7,14-17,21,36H2,(H,40,41). The number of carboxylic acids is 1. The summed E-state index contributed by atoms with van der Waals surface area (Å²) in [6, 6.07) is 20.5. The number of nitrogen functional groups attached to an aromatic ring is 1. The Morgan fingerprint density at radius 1 is 1.00 bits per heavy atom. The summed E-state index contributed by atoms with van der Waals surface area (Å²) >= 11 is 3.42. The molecule has 1 aliphatic heterocycles. The van der Waals surface area contributed by atoms with Gasteiger partial charge in [-0.15, -0.1) is 11.3 Å². The lowest BCUT2D eigenvalue weighted by Crippen LogP contribution is -2.33. The van der Waals surface area contributed by atoms with Crippen LogP contribution in [0.4, 0.5) is 5.69 Å². The highest BCUT2D eigenvalue weighted by atomic mass is 32.2. The predicted octanol–water partition coefficient (Wildman–Crippen LogP) is 8.48. The summed E-state index contributed by atoms with van der Waals surface area (Å²) in [6.45, 7) is 7.18. The molecule has 1 aliphatic carbocycles. The number of thioether (sulfide) groups is 1. The van der Waals surface area contributed by atoms with E-state index in [1.807, 2.05) is 42.1 Å². The normalized spacial score (nSPS) is 16.2. The molecule has 0 unspecified atom stereocenters. The van der Waals surface area contributed by atoms with Gasteiger partial charge in [0.1, 0.15) is 4.88 Å². The van der Waals surface area contributed by atoms with Crippen molar-refractivity contribution >= 4 is 55.9 Å². The topological polar surface area (TPSA) is 84.4 Å². The number of carbonyl (C=O) groups is 1. The second-order valence-corrected chi connectivity index (χ2v) is 14.0. The number of hydrogen-bond acceptors (Lipinski definition) is 6.